The van der Waals surface area contributed by atoms with Crippen LogP contribution < -0.4 is 0 Å². The molecule has 0 atom stereocenters. The lowest BCUT2D eigenvalue weighted by atomic mass is 10.2. The third kappa shape index (κ3) is 5.18. The van der Waals surface area contributed by atoms with E-state index in [1.54, 1.807) is 41.3 Å². The summed E-state index contributed by atoms with van der Waals surface area (Å²) in [5.41, 5.74) is 1.52. The molecule has 6 nitrogen and oxygen atoms in total. The Kier molecular flexibility index (Phi) is 6.46. The van der Waals surface area contributed by atoms with Crippen molar-refractivity contribution in [2.75, 3.05) is 26.2 Å². The molecule has 3 aromatic rings. The first-order valence-corrected chi connectivity index (χ1v) is 12.1. The van der Waals surface area contributed by atoms with Crippen LogP contribution in [0.2, 0.25) is 5.02 Å². The summed E-state index contributed by atoms with van der Waals surface area (Å²) in [5.74, 6) is -0.447. The monoisotopic (exact) mass is 458 g/mol. The molecule has 2 heterocycles. The quantitative estimate of drug-likeness (QED) is 0.560. The van der Waals surface area contributed by atoms with E-state index in [9.17, 15) is 13.2 Å². The van der Waals surface area contributed by atoms with Gasteiger partial charge in [-0.25, -0.2) is 8.42 Å². The molecule has 1 aromatic heterocycles. The number of sulfone groups is 1. The molecule has 4 rings (SSSR count). The number of benzene rings is 2. The predicted molar refractivity (Wildman–Crippen MR) is 119 cm³/mol. The third-order valence-electron chi connectivity index (χ3n) is 5.34. The Morgan fingerprint density at radius 1 is 0.968 bits per heavy atom. The van der Waals surface area contributed by atoms with Crippen molar-refractivity contribution in [1.29, 1.82) is 0 Å². The molecule has 0 spiro atoms. The van der Waals surface area contributed by atoms with Crippen LogP contribution in [-0.2, 0) is 22.1 Å². The summed E-state index contributed by atoms with van der Waals surface area (Å²) in [6.45, 7) is 3.30. The lowest BCUT2D eigenvalue weighted by molar-refractivity contribution is 0.0596. The van der Waals surface area contributed by atoms with E-state index in [1.807, 2.05) is 24.3 Å². The number of halogens is 1. The van der Waals surface area contributed by atoms with Crippen LogP contribution in [0.4, 0.5) is 0 Å². The molecule has 0 unspecified atom stereocenters. The summed E-state index contributed by atoms with van der Waals surface area (Å²) in [4.78, 5) is 17.2. The Balaban J connectivity index is 1.39. The number of carbonyl (C=O) groups excluding carboxylic acids is 1. The van der Waals surface area contributed by atoms with Gasteiger partial charge in [0.2, 0.25) is 0 Å². The lowest BCUT2D eigenvalue weighted by Gasteiger charge is -2.34. The van der Waals surface area contributed by atoms with Crippen molar-refractivity contribution in [1.82, 2.24) is 9.80 Å². The van der Waals surface area contributed by atoms with E-state index in [-0.39, 0.29) is 22.3 Å². The lowest BCUT2D eigenvalue weighted by Crippen LogP contribution is -2.48. The number of furan rings is 1. The highest BCUT2D eigenvalue weighted by Gasteiger charge is 2.28. The van der Waals surface area contributed by atoms with Gasteiger partial charge in [-0.1, -0.05) is 41.9 Å². The van der Waals surface area contributed by atoms with Gasteiger partial charge in [-0.15, -0.1) is 0 Å². The minimum atomic E-state index is -3.57. The Hall–Kier alpha value is -2.61. The molecule has 0 bridgehead atoms. The fourth-order valence-electron chi connectivity index (χ4n) is 3.70. The number of rotatable bonds is 6. The first-order valence-electron chi connectivity index (χ1n) is 10.0. The Morgan fingerprint density at radius 3 is 2.42 bits per heavy atom. The minimum absolute atomic E-state index is 0.0998. The Bertz CT molecular complexity index is 1150. The normalized spacial score (nSPS) is 15.2. The first-order chi connectivity index (χ1) is 14.9. The Morgan fingerprint density at radius 2 is 1.71 bits per heavy atom. The fourth-order valence-corrected chi connectivity index (χ4v) is 5.29. The largest absolute Gasteiger partial charge is 0.459 e. The summed E-state index contributed by atoms with van der Waals surface area (Å²) >= 11 is 6.06. The zero-order valence-electron chi connectivity index (χ0n) is 16.9. The number of nitrogens with zero attached hydrogens (tertiary/aromatic N) is 2. The van der Waals surface area contributed by atoms with Gasteiger partial charge >= 0.3 is 0 Å². The standard InChI is InChI=1S/C23H23ClN2O4S/c24-20-6-4-5-18(15-20)16-25-10-12-26(13-11-25)23(27)22-19(9-14-30-22)17-31(28,29)21-7-2-1-3-8-21/h1-9,14-15H,10-13,16-17H2. The average Bonchev–Trinajstić information content (AvgIpc) is 3.22. The van der Waals surface area contributed by atoms with Gasteiger partial charge in [-0.3, -0.25) is 9.69 Å². The van der Waals surface area contributed by atoms with Crippen LogP contribution in [0.1, 0.15) is 21.7 Å². The molecule has 162 valence electrons. The van der Waals surface area contributed by atoms with E-state index < -0.39 is 9.84 Å². The summed E-state index contributed by atoms with van der Waals surface area (Å²) < 4.78 is 30.8. The highest BCUT2D eigenvalue weighted by atomic mass is 35.5. The van der Waals surface area contributed by atoms with E-state index in [0.717, 1.165) is 25.2 Å². The average molecular weight is 459 g/mol. The van der Waals surface area contributed by atoms with Crippen LogP contribution in [0.15, 0.2) is 76.2 Å². The van der Waals surface area contributed by atoms with E-state index >= 15 is 0 Å². The second-order valence-corrected chi connectivity index (χ2v) is 9.97. The van der Waals surface area contributed by atoms with Gasteiger partial charge in [-0.05, 0) is 35.9 Å². The zero-order chi connectivity index (χ0) is 21.8. The zero-order valence-corrected chi connectivity index (χ0v) is 18.5. The SMILES string of the molecule is O=C(c1occc1CS(=O)(=O)c1ccccc1)N1CCN(Cc2cccc(Cl)c2)CC1. The summed E-state index contributed by atoms with van der Waals surface area (Å²) in [6, 6.07) is 17.5. The molecule has 0 aliphatic carbocycles. The highest BCUT2D eigenvalue weighted by molar-refractivity contribution is 7.90. The summed E-state index contributed by atoms with van der Waals surface area (Å²) in [5, 5.41) is 0.710. The molecular formula is C23H23ClN2O4S. The number of carbonyl (C=O) groups is 1. The van der Waals surface area contributed by atoms with E-state index in [1.165, 1.54) is 6.26 Å². The molecule has 2 aromatic carbocycles. The maximum absolute atomic E-state index is 13.0. The molecule has 1 saturated heterocycles. The molecule has 31 heavy (non-hydrogen) atoms. The Labute approximate surface area is 186 Å². The molecule has 0 saturated carbocycles. The van der Waals surface area contributed by atoms with Gasteiger partial charge < -0.3 is 9.32 Å². The van der Waals surface area contributed by atoms with Crippen LogP contribution in [-0.4, -0.2) is 50.3 Å². The number of hydrogen-bond donors (Lipinski definition) is 0. The minimum Gasteiger partial charge on any atom is -0.459 e. The van der Waals surface area contributed by atoms with Gasteiger partial charge in [-0.2, -0.15) is 0 Å². The van der Waals surface area contributed by atoms with Gasteiger partial charge in [0.05, 0.1) is 16.9 Å². The molecule has 1 amide bonds. The summed E-state index contributed by atoms with van der Waals surface area (Å²) in [6.07, 6.45) is 1.37. The topological polar surface area (TPSA) is 70.8 Å². The maximum Gasteiger partial charge on any atom is 0.289 e. The highest BCUT2D eigenvalue weighted by Crippen LogP contribution is 2.22. The smallest absolute Gasteiger partial charge is 0.289 e. The van der Waals surface area contributed by atoms with Crippen molar-refractivity contribution >= 4 is 27.3 Å². The molecule has 0 N–H and O–H groups in total. The summed E-state index contributed by atoms with van der Waals surface area (Å²) in [7, 11) is -3.57. The molecule has 1 fully saturated rings. The second kappa shape index (κ2) is 9.26. The van der Waals surface area contributed by atoms with Crippen molar-refractivity contribution in [3.05, 3.63) is 88.8 Å². The van der Waals surface area contributed by atoms with Gasteiger partial charge in [0.15, 0.2) is 15.6 Å². The third-order valence-corrected chi connectivity index (χ3v) is 7.26. The van der Waals surface area contributed by atoms with Crippen molar-refractivity contribution in [3.63, 3.8) is 0 Å². The molecule has 1 aliphatic heterocycles. The number of piperazine rings is 1. The molecule has 8 heteroatoms. The van der Waals surface area contributed by atoms with E-state index in [0.29, 0.717) is 23.7 Å². The van der Waals surface area contributed by atoms with Gasteiger partial charge in [0, 0.05) is 43.3 Å². The van der Waals surface area contributed by atoms with Crippen molar-refractivity contribution < 1.29 is 17.6 Å². The number of amides is 1. The molecule has 1 aliphatic rings. The van der Waals surface area contributed by atoms with Gasteiger partial charge in [0.25, 0.3) is 5.91 Å². The number of hydrogen-bond acceptors (Lipinski definition) is 5. The van der Waals surface area contributed by atoms with Crippen molar-refractivity contribution in [2.24, 2.45) is 0 Å². The molecule has 0 radical (unpaired) electrons. The van der Waals surface area contributed by atoms with Crippen molar-refractivity contribution in [3.8, 4) is 0 Å². The van der Waals surface area contributed by atoms with Crippen molar-refractivity contribution in [2.45, 2.75) is 17.2 Å². The van der Waals surface area contributed by atoms with Crippen LogP contribution in [0.25, 0.3) is 0 Å². The van der Waals surface area contributed by atoms with E-state index in [4.69, 9.17) is 16.0 Å². The van der Waals surface area contributed by atoms with Crippen LogP contribution in [0, 0.1) is 0 Å². The predicted octanol–water partition coefficient (Wildman–Crippen LogP) is 3.86. The fraction of sp³-hybridized carbons (Fsp3) is 0.261. The van der Waals surface area contributed by atoms with Crippen LogP contribution >= 0.6 is 11.6 Å². The maximum atomic E-state index is 13.0. The van der Waals surface area contributed by atoms with Gasteiger partial charge in [0.1, 0.15) is 0 Å². The first kappa shape index (κ1) is 21.6. The second-order valence-electron chi connectivity index (χ2n) is 7.55. The van der Waals surface area contributed by atoms with Crippen LogP contribution in [0.3, 0.4) is 0 Å². The molecular weight excluding hydrogens is 436 g/mol. The van der Waals surface area contributed by atoms with E-state index in [2.05, 4.69) is 4.90 Å². The van der Waals surface area contributed by atoms with Crippen LogP contribution in [0.5, 0.6) is 0 Å².